The first-order chi connectivity index (χ1) is 11.1. The monoisotopic (exact) mass is 311 g/mol. The van der Waals surface area contributed by atoms with Crippen LogP contribution < -0.4 is 10.1 Å². The number of nitrogens with one attached hydrogen (secondary N) is 1. The number of carboxylic acids is 1. The number of carbonyl (C=O) groups is 2. The van der Waals surface area contributed by atoms with Gasteiger partial charge in [-0.3, -0.25) is 4.79 Å². The molecule has 1 atom stereocenters. The first-order valence-electron chi connectivity index (χ1n) is 7.44. The lowest BCUT2D eigenvalue weighted by molar-refractivity contribution is -0.126. The van der Waals surface area contributed by atoms with Gasteiger partial charge in [-0.25, -0.2) is 4.79 Å². The molecule has 0 aliphatic carbocycles. The van der Waals surface area contributed by atoms with Crippen molar-refractivity contribution in [2.75, 3.05) is 6.61 Å². The van der Waals surface area contributed by atoms with Gasteiger partial charge < -0.3 is 15.2 Å². The number of para-hydroxylation sites is 1. The predicted molar refractivity (Wildman–Crippen MR) is 84.4 cm³/mol. The fraction of sp³-hybridized carbons (Fsp3) is 0.222. The van der Waals surface area contributed by atoms with Crippen LogP contribution in [0.2, 0.25) is 0 Å². The Kier molecular flexibility index (Phi) is 4.28. The minimum atomic E-state index is -0.960. The van der Waals surface area contributed by atoms with Crippen molar-refractivity contribution < 1.29 is 19.4 Å². The number of carboxylic acid groups (broad SMARTS) is 1. The van der Waals surface area contributed by atoms with Crippen LogP contribution in [0.5, 0.6) is 5.75 Å². The van der Waals surface area contributed by atoms with Crippen molar-refractivity contribution in [3.63, 3.8) is 0 Å². The Morgan fingerprint density at radius 2 is 1.87 bits per heavy atom. The second-order valence-electron chi connectivity index (χ2n) is 5.54. The van der Waals surface area contributed by atoms with Gasteiger partial charge in [0.25, 0.3) is 0 Å². The fourth-order valence-electron chi connectivity index (χ4n) is 2.60. The summed E-state index contributed by atoms with van der Waals surface area (Å²) >= 11 is 0. The standard InChI is InChI=1S/C18H17NO4/c20-17(15-9-14-3-1-2-4-16(14)23-11-15)19-10-12-5-7-13(8-6-12)18(21)22/h1-8,15H,9-11H2,(H,19,20)(H,21,22)/t15-/m1/s1. The van der Waals surface area contributed by atoms with Gasteiger partial charge in [0.1, 0.15) is 12.4 Å². The topological polar surface area (TPSA) is 75.6 Å². The van der Waals surface area contributed by atoms with Gasteiger partial charge in [-0.15, -0.1) is 0 Å². The molecule has 0 saturated carbocycles. The fourth-order valence-corrected chi connectivity index (χ4v) is 2.60. The molecular formula is C18H17NO4. The number of rotatable bonds is 4. The Balaban J connectivity index is 1.57. The van der Waals surface area contributed by atoms with E-state index >= 15 is 0 Å². The molecule has 1 aliphatic rings. The lowest BCUT2D eigenvalue weighted by Gasteiger charge is -2.24. The number of fused-ring (bicyclic) bond motifs is 1. The summed E-state index contributed by atoms with van der Waals surface area (Å²) in [5, 5.41) is 11.7. The first kappa shape index (κ1) is 15.1. The van der Waals surface area contributed by atoms with Gasteiger partial charge in [-0.1, -0.05) is 30.3 Å². The van der Waals surface area contributed by atoms with Crippen LogP contribution in [-0.2, 0) is 17.8 Å². The summed E-state index contributed by atoms with van der Waals surface area (Å²) in [6.45, 7) is 0.748. The zero-order chi connectivity index (χ0) is 16.2. The molecule has 0 spiro atoms. The van der Waals surface area contributed by atoms with E-state index in [-0.39, 0.29) is 17.4 Å². The van der Waals surface area contributed by atoms with Gasteiger partial charge in [0.2, 0.25) is 5.91 Å². The maximum Gasteiger partial charge on any atom is 0.335 e. The predicted octanol–water partition coefficient (Wildman–Crippen LogP) is 2.25. The van der Waals surface area contributed by atoms with E-state index in [1.54, 1.807) is 12.1 Å². The maximum atomic E-state index is 12.3. The summed E-state index contributed by atoms with van der Waals surface area (Å²) in [5.41, 5.74) is 2.14. The Hall–Kier alpha value is -2.82. The molecule has 0 unspecified atom stereocenters. The maximum absolute atomic E-state index is 12.3. The third-order valence-corrected chi connectivity index (χ3v) is 3.92. The summed E-state index contributed by atoms with van der Waals surface area (Å²) in [6, 6.07) is 14.2. The van der Waals surface area contributed by atoms with Crippen LogP contribution in [0.3, 0.4) is 0 Å². The number of benzene rings is 2. The molecule has 5 heteroatoms. The van der Waals surface area contributed by atoms with Crippen molar-refractivity contribution in [2.45, 2.75) is 13.0 Å². The quantitative estimate of drug-likeness (QED) is 0.908. The highest BCUT2D eigenvalue weighted by Crippen LogP contribution is 2.26. The average Bonchev–Trinajstić information content (AvgIpc) is 2.59. The van der Waals surface area contributed by atoms with Crippen LogP contribution in [0.1, 0.15) is 21.5 Å². The van der Waals surface area contributed by atoms with Crippen LogP contribution >= 0.6 is 0 Å². The molecular weight excluding hydrogens is 294 g/mol. The van der Waals surface area contributed by atoms with E-state index in [1.807, 2.05) is 24.3 Å². The number of hydrogen-bond donors (Lipinski definition) is 2. The number of aromatic carboxylic acids is 1. The van der Waals surface area contributed by atoms with Crippen LogP contribution in [-0.4, -0.2) is 23.6 Å². The minimum Gasteiger partial charge on any atom is -0.492 e. The van der Waals surface area contributed by atoms with Crippen molar-refractivity contribution in [1.29, 1.82) is 0 Å². The molecule has 0 saturated heterocycles. The summed E-state index contributed by atoms with van der Waals surface area (Å²) in [6.07, 6.45) is 0.667. The van der Waals surface area contributed by atoms with Crippen molar-refractivity contribution in [1.82, 2.24) is 5.32 Å². The molecule has 1 amide bonds. The summed E-state index contributed by atoms with van der Waals surface area (Å²) in [7, 11) is 0. The highest BCUT2D eigenvalue weighted by molar-refractivity contribution is 5.87. The van der Waals surface area contributed by atoms with Crippen LogP contribution in [0, 0.1) is 5.92 Å². The van der Waals surface area contributed by atoms with E-state index in [0.717, 1.165) is 16.9 Å². The summed E-state index contributed by atoms with van der Waals surface area (Å²) in [4.78, 5) is 23.1. The van der Waals surface area contributed by atoms with E-state index in [4.69, 9.17) is 9.84 Å². The Labute approximate surface area is 133 Å². The van der Waals surface area contributed by atoms with Gasteiger partial charge in [0.05, 0.1) is 11.5 Å². The highest BCUT2D eigenvalue weighted by atomic mass is 16.5. The Morgan fingerprint density at radius 3 is 2.61 bits per heavy atom. The Bertz CT molecular complexity index is 724. The average molecular weight is 311 g/mol. The number of hydrogen-bond acceptors (Lipinski definition) is 3. The van der Waals surface area contributed by atoms with E-state index in [2.05, 4.69) is 5.32 Å². The normalized spacial score (nSPS) is 16.1. The molecule has 1 heterocycles. The lowest BCUT2D eigenvalue weighted by atomic mass is 9.96. The molecule has 23 heavy (non-hydrogen) atoms. The van der Waals surface area contributed by atoms with E-state index in [1.165, 1.54) is 12.1 Å². The third kappa shape index (κ3) is 3.51. The third-order valence-electron chi connectivity index (χ3n) is 3.92. The molecule has 0 aromatic heterocycles. The Morgan fingerprint density at radius 1 is 1.13 bits per heavy atom. The van der Waals surface area contributed by atoms with E-state index < -0.39 is 5.97 Å². The molecule has 0 fully saturated rings. The SMILES string of the molecule is O=C(O)c1ccc(CNC(=O)[C@H]2COc3ccccc3C2)cc1. The zero-order valence-electron chi connectivity index (χ0n) is 12.5. The molecule has 2 aromatic carbocycles. The highest BCUT2D eigenvalue weighted by Gasteiger charge is 2.25. The second kappa shape index (κ2) is 6.52. The molecule has 2 aromatic rings. The summed E-state index contributed by atoms with van der Waals surface area (Å²) < 4.78 is 5.63. The van der Waals surface area contributed by atoms with E-state index in [0.29, 0.717) is 19.6 Å². The number of amides is 1. The molecule has 3 rings (SSSR count). The molecule has 0 bridgehead atoms. The molecule has 0 radical (unpaired) electrons. The zero-order valence-corrected chi connectivity index (χ0v) is 12.5. The van der Waals surface area contributed by atoms with Crippen LogP contribution in [0.25, 0.3) is 0 Å². The van der Waals surface area contributed by atoms with Gasteiger partial charge in [0.15, 0.2) is 0 Å². The van der Waals surface area contributed by atoms with Gasteiger partial charge in [-0.05, 0) is 35.7 Å². The number of carbonyl (C=O) groups excluding carboxylic acids is 1. The number of ether oxygens (including phenoxy) is 1. The smallest absolute Gasteiger partial charge is 0.335 e. The largest absolute Gasteiger partial charge is 0.492 e. The minimum absolute atomic E-state index is 0.0539. The van der Waals surface area contributed by atoms with Gasteiger partial charge in [0, 0.05) is 6.54 Å². The molecule has 5 nitrogen and oxygen atoms in total. The van der Waals surface area contributed by atoms with Crippen molar-refractivity contribution in [3.8, 4) is 5.75 Å². The van der Waals surface area contributed by atoms with Crippen molar-refractivity contribution in [2.24, 2.45) is 5.92 Å². The molecule has 118 valence electrons. The second-order valence-corrected chi connectivity index (χ2v) is 5.54. The first-order valence-corrected chi connectivity index (χ1v) is 7.44. The van der Waals surface area contributed by atoms with Gasteiger partial charge >= 0.3 is 5.97 Å². The summed E-state index contributed by atoms with van der Waals surface area (Å²) in [5.74, 6) is -0.371. The van der Waals surface area contributed by atoms with E-state index in [9.17, 15) is 9.59 Å². The molecule has 2 N–H and O–H groups in total. The lowest BCUT2D eigenvalue weighted by Crippen LogP contribution is -2.37. The van der Waals surface area contributed by atoms with Crippen LogP contribution in [0.4, 0.5) is 0 Å². The van der Waals surface area contributed by atoms with Gasteiger partial charge in [-0.2, -0.15) is 0 Å². The van der Waals surface area contributed by atoms with Crippen LogP contribution in [0.15, 0.2) is 48.5 Å². The molecule has 1 aliphatic heterocycles. The van der Waals surface area contributed by atoms with Crippen molar-refractivity contribution >= 4 is 11.9 Å². The van der Waals surface area contributed by atoms with Crippen molar-refractivity contribution in [3.05, 3.63) is 65.2 Å².